The fourth-order valence-electron chi connectivity index (χ4n) is 4.09. The molecule has 0 aromatic heterocycles. The highest BCUT2D eigenvalue weighted by molar-refractivity contribution is 6.09. The van der Waals surface area contributed by atoms with E-state index < -0.39 is 0 Å². The number of epoxide rings is 1. The average molecular weight is 430 g/mol. The van der Waals surface area contributed by atoms with Crippen molar-refractivity contribution in [3.05, 3.63) is 45.9 Å². The van der Waals surface area contributed by atoms with Crippen LogP contribution in [-0.4, -0.2) is 29.6 Å². The molecule has 1 fully saturated rings. The summed E-state index contributed by atoms with van der Waals surface area (Å²) in [6.45, 7) is 11.5. The number of nitrogens with one attached hydrogen (secondary N) is 1. The minimum absolute atomic E-state index is 0.0374. The van der Waals surface area contributed by atoms with Gasteiger partial charge in [-0.25, -0.2) is 0 Å². The number of fused-ring (bicyclic) bond motifs is 1. The molecule has 31 heavy (non-hydrogen) atoms. The van der Waals surface area contributed by atoms with Crippen molar-refractivity contribution < 1.29 is 14.6 Å². The second kappa shape index (κ2) is 12.9. The largest absolute Gasteiger partial charge is 0.509 e. The van der Waals surface area contributed by atoms with Gasteiger partial charge in [-0.15, -0.1) is 0 Å². The fourth-order valence-corrected chi connectivity index (χ4v) is 4.09. The van der Waals surface area contributed by atoms with Gasteiger partial charge >= 0.3 is 0 Å². The lowest BCUT2D eigenvalue weighted by atomic mass is 9.97. The smallest absolute Gasteiger partial charge is 0.208 e. The summed E-state index contributed by atoms with van der Waals surface area (Å²) in [6.07, 6.45) is 13.8. The Hall–Kier alpha value is -1.81. The monoisotopic (exact) mass is 429 g/mol. The van der Waals surface area contributed by atoms with Crippen molar-refractivity contribution >= 4 is 5.78 Å². The summed E-state index contributed by atoms with van der Waals surface area (Å²) in [4.78, 5) is 13.5. The molecule has 0 spiro atoms. The Labute approximate surface area is 189 Å². The first-order valence-corrected chi connectivity index (χ1v) is 12.3. The van der Waals surface area contributed by atoms with Gasteiger partial charge in [0.25, 0.3) is 0 Å². The van der Waals surface area contributed by atoms with Crippen LogP contribution in [0.4, 0.5) is 0 Å². The summed E-state index contributed by atoms with van der Waals surface area (Å²) in [7, 11) is 0. The van der Waals surface area contributed by atoms with Crippen LogP contribution in [0.25, 0.3) is 0 Å². The fraction of sp³-hybridized carbons (Fsp3) is 0.667. The highest BCUT2D eigenvalue weighted by Gasteiger charge is 2.50. The third kappa shape index (κ3) is 7.68. The molecule has 0 amide bonds. The Bertz CT molecular complexity index is 738. The molecule has 2 atom stereocenters. The van der Waals surface area contributed by atoms with E-state index in [-0.39, 0.29) is 23.8 Å². The Morgan fingerprint density at radius 2 is 1.74 bits per heavy atom. The molecule has 0 aromatic carbocycles. The second-order valence-electron chi connectivity index (χ2n) is 9.24. The van der Waals surface area contributed by atoms with Gasteiger partial charge in [0.05, 0.1) is 5.70 Å². The van der Waals surface area contributed by atoms with Crippen LogP contribution >= 0.6 is 0 Å². The molecule has 2 aliphatic rings. The zero-order valence-corrected chi connectivity index (χ0v) is 20.4. The molecule has 4 heteroatoms. The number of rotatable bonds is 14. The van der Waals surface area contributed by atoms with E-state index in [1.807, 2.05) is 0 Å². The van der Waals surface area contributed by atoms with E-state index in [0.717, 1.165) is 69.9 Å². The van der Waals surface area contributed by atoms with Crippen LogP contribution in [0.2, 0.25) is 0 Å². The molecular formula is C27H43NO3. The number of hydrogen-bond donors (Lipinski definition) is 2. The van der Waals surface area contributed by atoms with E-state index in [1.54, 1.807) is 0 Å². The van der Waals surface area contributed by atoms with Crippen molar-refractivity contribution in [3.8, 4) is 0 Å². The molecule has 2 rings (SSSR count). The van der Waals surface area contributed by atoms with Gasteiger partial charge in [0, 0.05) is 12.1 Å². The second-order valence-corrected chi connectivity index (χ2v) is 9.24. The molecule has 4 nitrogen and oxygen atoms in total. The summed E-state index contributed by atoms with van der Waals surface area (Å²) < 4.78 is 5.86. The number of unbranched alkanes of at least 4 members (excludes halogenated alkanes) is 4. The van der Waals surface area contributed by atoms with Gasteiger partial charge in [0.15, 0.2) is 0 Å². The number of ketones is 1. The highest BCUT2D eigenvalue weighted by atomic mass is 16.6. The Kier molecular flexibility index (Phi) is 10.6. The summed E-state index contributed by atoms with van der Waals surface area (Å²) in [5, 5.41) is 14.3. The zero-order chi connectivity index (χ0) is 22.8. The van der Waals surface area contributed by atoms with E-state index >= 15 is 0 Å². The molecular weight excluding hydrogens is 386 g/mol. The molecule has 0 radical (unpaired) electrons. The Morgan fingerprint density at radius 1 is 1.03 bits per heavy atom. The van der Waals surface area contributed by atoms with Crippen LogP contribution in [0.3, 0.4) is 0 Å². The van der Waals surface area contributed by atoms with Gasteiger partial charge < -0.3 is 15.2 Å². The summed E-state index contributed by atoms with van der Waals surface area (Å²) >= 11 is 0. The number of carbonyl (C=O) groups is 1. The lowest BCUT2D eigenvalue weighted by Crippen LogP contribution is -2.26. The van der Waals surface area contributed by atoms with E-state index in [4.69, 9.17) is 4.74 Å². The molecule has 1 aliphatic carbocycles. The van der Waals surface area contributed by atoms with Crippen LogP contribution in [0.5, 0.6) is 0 Å². The third-order valence-electron chi connectivity index (χ3n) is 6.11. The quantitative estimate of drug-likeness (QED) is 0.180. The molecule has 0 aromatic rings. The lowest BCUT2D eigenvalue weighted by Gasteiger charge is -2.16. The summed E-state index contributed by atoms with van der Waals surface area (Å²) in [5.41, 5.74) is 4.81. The molecule has 1 aliphatic heterocycles. The third-order valence-corrected chi connectivity index (χ3v) is 6.11. The number of aliphatic hydroxyl groups is 1. The highest BCUT2D eigenvalue weighted by Crippen LogP contribution is 2.42. The van der Waals surface area contributed by atoms with E-state index in [2.05, 4.69) is 52.1 Å². The van der Waals surface area contributed by atoms with Crippen molar-refractivity contribution in [2.24, 2.45) is 0 Å². The number of Topliss-reactive ketones (excluding diaryl/α,β-unsaturated/α-hetero) is 1. The van der Waals surface area contributed by atoms with E-state index in [0.29, 0.717) is 17.7 Å². The number of aliphatic hydroxyl groups excluding tert-OH is 1. The first kappa shape index (κ1) is 25.5. The molecule has 0 saturated carbocycles. The number of carbonyl (C=O) groups excluding carboxylic acids is 1. The van der Waals surface area contributed by atoms with Crippen molar-refractivity contribution in [3.63, 3.8) is 0 Å². The number of allylic oxidation sites excluding steroid dienone is 5. The van der Waals surface area contributed by atoms with E-state index in [1.165, 1.54) is 11.1 Å². The maximum atomic E-state index is 13.5. The maximum absolute atomic E-state index is 13.5. The van der Waals surface area contributed by atoms with Crippen LogP contribution in [0, 0.1) is 0 Å². The van der Waals surface area contributed by atoms with Crippen molar-refractivity contribution in [2.75, 3.05) is 6.54 Å². The summed E-state index contributed by atoms with van der Waals surface area (Å²) in [6, 6.07) is 0. The predicted octanol–water partition coefficient (Wildman–Crippen LogP) is 6.85. The van der Waals surface area contributed by atoms with Gasteiger partial charge in [-0.05, 0) is 64.9 Å². The molecule has 2 unspecified atom stereocenters. The molecule has 1 heterocycles. The maximum Gasteiger partial charge on any atom is 0.208 e. The van der Waals surface area contributed by atoms with Gasteiger partial charge in [-0.1, -0.05) is 62.8 Å². The van der Waals surface area contributed by atoms with Crippen LogP contribution in [0.15, 0.2) is 45.9 Å². The van der Waals surface area contributed by atoms with Gasteiger partial charge in [-0.3, -0.25) is 4.79 Å². The topological polar surface area (TPSA) is 61.9 Å². The van der Waals surface area contributed by atoms with Crippen LogP contribution in [-0.2, 0) is 9.53 Å². The average Bonchev–Trinajstić information content (AvgIpc) is 3.52. The van der Waals surface area contributed by atoms with Gasteiger partial charge in [-0.2, -0.15) is 0 Å². The van der Waals surface area contributed by atoms with E-state index in [9.17, 15) is 9.90 Å². The van der Waals surface area contributed by atoms with Crippen LogP contribution < -0.4 is 5.32 Å². The normalized spacial score (nSPS) is 21.2. The predicted molar refractivity (Wildman–Crippen MR) is 129 cm³/mol. The zero-order valence-electron chi connectivity index (χ0n) is 20.4. The Balaban J connectivity index is 2.19. The molecule has 174 valence electrons. The van der Waals surface area contributed by atoms with Gasteiger partial charge in [0.2, 0.25) is 5.78 Å². The molecule has 0 bridgehead atoms. The first-order chi connectivity index (χ1) is 14.9. The van der Waals surface area contributed by atoms with Crippen molar-refractivity contribution in [2.45, 2.75) is 111 Å². The first-order valence-electron chi connectivity index (χ1n) is 12.3. The number of ether oxygens (including phenoxy) is 1. The molecule has 2 N–H and O–H groups in total. The minimum Gasteiger partial charge on any atom is -0.509 e. The molecule has 1 saturated heterocycles. The minimum atomic E-state index is -0.343. The van der Waals surface area contributed by atoms with Crippen molar-refractivity contribution in [1.82, 2.24) is 5.32 Å². The lowest BCUT2D eigenvalue weighted by molar-refractivity contribution is -0.113. The van der Waals surface area contributed by atoms with Crippen molar-refractivity contribution in [1.29, 1.82) is 0 Å². The SMILES string of the molecule is CCCCCNC1=C(CCCCC)C2OC2C(O)=C(C/C=C(\C)CCC=C(C)C)C1=O. The summed E-state index contributed by atoms with van der Waals surface area (Å²) in [5.74, 6) is 0.103. The number of hydrogen-bond acceptors (Lipinski definition) is 4. The van der Waals surface area contributed by atoms with Crippen LogP contribution in [0.1, 0.15) is 98.8 Å². The standard InChI is InChI=1S/C27H43NO3/c1-6-8-10-15-21-23(28-18-11-9-7-2)24(29)22(25(30)27-26(21)31-27)17-16-20(5)14-12-13-19(3)4/h13,16,26-28,30H,6-12,14-15,17-18H2,1-5H3/b20-16+. The Morgan fingerprint density at radius 3 is 2.42 bits per heavy atom. The van der Waals surface area contributed by atoms with Gasteiger partial charge in [0.1, 0.15) is 18.0 Å².